The Bertz CT molecular complexity index is 832. The molecule has 0 aliphatic carbocycles. The number of aromatic nitrogens is 2. The van der Waals surface area contributed by atoms with E-state index in [-0.39, 0.29) is 11.1 Å². The van der Waals surface area contributed by atoms with E-state index in [4.69, 9.17) is 0 Å². The van der Waals surface area contributed by atoms with Crippen LogP contribution in [0.1, 0.15) is 5.56 Å². The first-order chi connectivity index (χ1) is 9.25. The van der Waals surface area contributed by atoms with E-state index in [2.05, 4.69) is 4.98 Å². The van der Waals surface area contributed by atoms with E-state index in [9.17, 15) is 9.59 Å². The van der Waals surface area contributed by atoms with Crippen LogP contribution in [0.5, 0.6) is 0 Å². The van der Waals surface area contributed by atoms with Crippen molar-refractivity contribution in [2.75, 3.05) is 0 Å². The number of fused-ring (bicyclic) bond motifs is 1. The topological polar surface area (TPSA) is 54.9 Å². The molecule has 0 spiro atoms. The molecule has 2 aromatic carbocycles. The third-order valence-electron chi connectivity index (χ3n) is 3.07. The molecule has 0 fully saturated rings. The minimum atomic E-state index is -0.262. The molecule has 19 heavy (non-hydrogen) atoms. The molecule has 94 valence electrons. The summed E-state index contributed by atoms with van der Waals surface area (Å²) in [4.78, 5) is 26.4. The summed E-state index contributed by atoms with van der Waals surface area (Å²) in [5, 5.41) is 0. The average molecular weight is 252 g/mol. The first-order valence-corrected chi connectivity index (χ1v) is 6.01. The highest BCUT2D eigenvalue weighted by atomic mass is 16.1. The molecule has 0 unspecified atom stereocenters. The van der Waals surface area contributed by atoms with Gasteiger partial charge in [-0.05, 0) is 17.7 Å². The highest BCUT2D eigenvalue weighted by molar-refractivity contribution is 5.74. The molecule has 0 aliphatic heterocycles. The van der Waals surface area contributed by atoms with Gasteiger partial charge in [-0.25, -0.2) is 4.79 Å². The van der Waals surface area contributed by atoms with Crippen LogP contribution in [0.15, 0.2) is 64.2 Å². The van der Waals surface area contributed by atoms with E-state index in [0.29, 0.717) is 17.6 Å². The zero-order valence-electron chi connectivity index (χ0n) is 10.2. The number of nitrogens with one attached hydrogen (secondary N) is 1. The number of rotatable bonds is 2. The van der Waals surface area contributed by atoms with E-state index >= 15 is 0 Å². The second-order valence-corrected chi connectivity index (χ2v) is 4.34. The minimum Gasteiger partial charge on any atom is -0.302 e. The van der Waals surface area contributed by atoms with Crippen LogP contribution in [0.2, 0.25) is 0 Å². The third-order valence-corrected chi connectivity index (χ3v) is 3.07. The summed E-state index contributed by atoms with van der Waals surface area (Å²) in [5.41, 5.74) is 1.56. The average Bonchev–Trinajstić information content (AvgIpc) is 2.61. The van der Waals surface area contributed by atoms with Crippen molar-refractivity contribution >= 4 is 11.0 Å². The van der Waals surface area contributed by atoms with E-state index in [1.54, 1.807) is 22.8 Å². The SMILES string of the molecule is O=c1ccccc2c1[nH]c(=O)n2Cc1ccccc1. The van der Waals surface area contributed by atoms with Crippen LogP contribution in [0.25, 0.3) is 11.0 Å². The van der Waals surface area contributed by atoms with E-state index in [0.717, 1.165) is 5.56 Å². The highest BCUT2D eigenvalue weighted by Crippen LogP contribution is 2.07. The molecule has 0 amide bonds. The van der Waals surface area contributed by atoms with Gasteiger partial charge in [0.25, 0.3) is 0 Å². The monoisotopic (exact) mass is 252 g/mol. The van der Waals surface area contributed by atoms with Crippen LogP contribution >= 0.6 is 0 Å². The van der Waals surface area contributed by atoms with Gasteiger partial charge in [-0.2, -0.15) is 0 Å². The summed E-state index contributed by atoms with van der Waals surface area (Å²) >= 11 is 0. The summed E-state index contributed by atoms with van der Waals surface area (Å²) < 4.78 is 1.58. The molecule has 0 saturated heterocycles. The normalized spacial score (nSPS) is 10.7. The molecular formula is C15H12N2O2. The predicted molar refractivity (Wildman–Crippen MR) is 74.4 cm³/mol. The number of aromatic amines is 1. The van der Waals surface area contributed by atoms with Gasteiger partial charge in [0.2, 0.25) is 5.43 Å². The Hall–Kier alpha value is -2.62. The van der Waals surface area contributed by atoms with Crippen LogP contribution in [-0.2, 0) is 6.54 Å². The van der Waals surface area contributed by atoms with Crippen LogP contribution in [0, 0.1) is 0 Å². The standard InChI is InChI=1S/C15H12N2O2/c18-13-9-5-4-8-12-14(13)16-15(19)17(12)10-11-6-2-1-3-7-11/h1-9H,10H2,(H,16,19). The van der Waals surface area contributed by atoms with Crippen molar-refractivity contribution in [2.24, 2.45) is 0 Å². The van der Waals surface area contributed by atoms with Gasteiger partial charge < -0.3 is 4.98 Å². The zero-order valence-corrected chi connectivity index (χ0v) is 10.2. The minimum absolute atomic E-state index is 0.177. The Labute approximate surface area is 109 Å². The lowest BCUT2D eigenvalue weighted by Gasteiger charge is -2.02. The number of imidazole rings is 1. The van der Waals surface area contributed by atoms with Crippen molar-refractivity contribution in [1.29, 1.82) is 0 Å². The molecule has 1 aromatic heterocycles. The van der Waals surface area contributed by atoms with Crippen LogP contribution in [0.4, 0.5) is 0 Å². The van der Waals surface area contributed by atoms with Gasteiger partial charge in [0.15, 0.2) is 0 Å². The summed E-state index contributed by atoms with van der Waals surface area (Å²) in [6, 6.07) is 16.3. The zero-order chi connectivity index (χ0) is 13.2. The van der Waals surface area contributed by atoms with E-state index in [1.807, 2.05) is 30.3 Å². The third kappa shape index (κ3) is 2.08. The van der Waals surface area contributed by atoms with Gasteiger partial charge in [-0.3, -0.25) is 9.36 Å². The molecule has 4 nitrogen and oxygen atoms in total. The molecule has 0 aliphatic rings. The molecule has 3 rings (SSSR count). The van der Waals surface area contributed by atoms with Crippen LogP contribution in [0.3, 0.4) is 0 Å². The fourth-order valence-electron chi connectivity index (χ4n) is 2.14. The maximum atomic E-state index is 12.0. The largest absolute Gasteiger partial charge is 0.326 e. The number of hydrogen-bond acceptors (Lipinski definition) is 2. The van der Waals surface area contributed by atoms with Gasteiger partial charge >= 0.3 is 5.69 Å². The molecular weight excluding hydrogens is 240 g/mol. The first-order valence-electron chi connectivity index (χ1n) is 6.01. The van der Waals surface area contributed by atoms with Crippen molar-refractivity contribution in [3.63, 3.8) is 0 Å². The van der Waals surface area contributed by atoms with Gasteiger partial charge in [0.05, 0.1) is 12.1 Å². The maximum Gasteiger partial charge on any atom is 0.326 e. The summed E-state index contributed by atoms with van der Waals surface area (Å²) in [6.45, 7) is 0.448. The fraction of sp³-hybridized carbons (Fsp3) is 0.0667. The quantitative estimate of drug-likeness (QED) is 0.755. The first kappa shape index (κ1) is 11.5. The maximum absolute atomic E-state index is 12.0. The summed E-state index contributed by atoms with van der Waals surface area (Å²) in [5.74, 6) is 0. The molecule has 1 heterocycles. The Kier molecular flexibility index (Phi) is 2.76. The number of nitrogens with zero attached hydrogens (tertiary/aromatic N) is 1. The van der Waals surface area contributed by atoms with Crippen molar-refractivity contribution in [3.8, 4) is 0 Å². The van der Waals surface area contributed by atoms with Crippen LogP contribution in [-0.4, -0.2) is 9.55 Å². The summed E-state index contributed by atoms with van der Waals surface area (Å²) in [7, 11) is 0. The van der Waals surface area contributed by atoms with Gasteiger partial charge in [-0.1, -0.05) is 42.5 Å². The lowest BCUT2D eigenvalue weighted by molar-refractivity contribution is 0.787. The Morgan fingerprint density at radius 2 is 1.58 bits per heavy atom. The second-order valence-electron chi connectivity index (χ2n) is 4.34. The second kappa shape index (κ2) is 4.57. The fourth-order valence-corrected chi connectivity index (χ4v) is 2.14. The van der Waals surface area contributed by atoms with E-state index in [1.165, 1.54) is 6.07 Å². The molecule has 0 saturated carbocycles. The summed E-state index contributed by atoms with van der Waals surface area (Å²) in [6.07, 6.45) is 0. The molecule has 1 N–H and O–H groups in total. The smallest absolute Gasteiger partial charge is 0.302 e. The molecule has 0 bridgehead atoms. The van der Waals surface area contributed by atoms with Gasteiger partial charge in [-0.15, -0.1) is 0 Å². The molecule has 3 aromatic rings. The van der Waals surface area contributed by atoms with E-state index < -0.39 is 0 Å². The lowest BCUT2D eigenvalue weighted by atomic mass is 10.2. The molecule has 4 heteroatoms. The van der Waals surface area contributed by atoms with Gasteiger partial charge in [0.1, 0.15) is 5.52 Å². The van der Waals surface area contributed by atoms with Crippen molar-refractivity contribution in [3.05, 3.63) is 80.9 Å². The Morgan fingerprint density at radius 1 is 0.895 bits per heavy atom. The number of H-pyrrole nitrogens is 1. The van der Waals surface area contributed by atoms with Crippen molar-refractivity contribution < 1.29 is 0 Å². The number of hydrogen-bond donors (Lipinski definition) is 1. The van der Waals surface area contributed by atoms with Crippen molar-refractivity contribution in [1.82, 2.24) is 9.55 Å². The lowest BCUT2D eigenvalue weighted by Crippen LogP contribution is -2.17. The highest BCUT2D eigenvalue weighted by Gasteiger charge is 2.07. The van der Waals surface area contributed by atoms with Gasteiger partial charge in [0, 0.05) is 0 Å². The van der Waals surface area contributed by atoms with Crippen LogP contribution < -0.4 is 11.1 Å². The Morgan fingerprint density at radius 3 is 2.37 bits per heavy atom. The molecule has 0 radical (unpaired) electrons. The Balaban J connectivity index is 2.23. The van der Waals surface area contributed by atoms with Crippen molar-refractivity contribution in [2.45, 2.75) is 6.54 Å². The molecule has 0 atom stereocenters. The number of benzene rings is 1. The predicted octanol–water partition coefficient (Wildman–Crippen LogP) is 1.74.